The summed E-state index contributed by atoms with van der Waals surface area (Å²) in [7, 11) is 0. The van der Waals surface area contributed by atoms with Gasteiger partial charge >= 0.3 is 0 Å². The summed E-state index contributed by atoms with van der Waals surface area (Å²) in [6, 6.07) is 0. The van der Waals surface area contributed by atoms with E-state index >= 15 is 0 Å². The van der Waals surface area contributed by atoms with Crippen molar-refractivity contribution in [3.63, 3.8) is 0 Å². The van der Waals surface area contributed by atoms with Crippen molar-refractivity contribution in [3.05, 3.63) is 0 Å². The molecule has 0 spiro atoms. The van der Waals surface area contributed by atoms with Gasteiger partial charge in [-0.15, -0.1) is 23.2 Å². The van der Waals surface area contributed by atoms with Crippen molar-refractivity contribution in [2.45, 2.75) is 0 Å². The van der Waals surface area contributed by atoms with Crippen LogP contribution in [-0.4, -0.2) is 24.8 Å². The van der Waals surface area contributed by atoms with Crippen molar-refractivity contribution in [1.82, 2.24) is 5.32 Å². The van der Waals surface area contributed by atoms with Crippen LogP contribution in [0.1, 0.15) is 0 Å². The second kappa shape index (κ2) is 10.7. The molecule has 52 valence electrons. The van der Waals surface area contributed by atoms with Crippen molar-refractivity contribution in [2.24, 2.45) is 0 Å². The molecule has 0 bridgehead atoms. The van der Waals surface area contributed by atoms with Crippen LogP contribution in [-0.2, 0) is 0 Å². The monoisotopic (exact) mass is 176 g/mol. The minimum absolute atomic E-state index is 0. The van der Waals surface area contributed by atoms with Gasteiger partial charge in [0.05, 0.1) is 0 Å². The van der Waals surface area contributed by atoms with Crippen LogP contribution >= 0.6 is 23.2 Å². The highest BCUT2D eigenvalue weighted by Gasteiger charge is 1.78. The Morgan fingerprint density at radius 2 is 1.38 bits per heavy atom. The molecule has 0 aromatic rings. The molecule has 0 heterocycles. The normalized spacial score (nSPS) is 8.25. The van der Waals surface area contributed by atoms with E-state index < -0.39 is 0 Å². The number of rotatable bonds is 4. The molecular weight excluding hydrogens is 168 g/mol. The van der Waals surface area contributed by atoms with Gasteiger partial charge in [0, 0.05) is 24.8 Å². The molecule has 1 nitrogen and oxygen atoms in total. The zero-order chi connectivity index (χ0) is 5.54. The van der Waals surface area contributed by atoms with Gasteiger partial charge in [-0.05, 0) is 0 Å². The van der Waals surface area contributed by atoms with Gasteiger partial charge in [0.2, 0.25) is 0 Å². The molecule has 0 aromatic carbocycles. The van der Waals surface area contributed by atoms with Crippen LogP contribution in [0.4, 0.5) is 0 Å². The average Bonchev–Trinajstić information content (AvgIpc) is 1.69. The molecule has 0 fully saturated rings. The topological polar surface area (TPSA) is 12.0 Å². The summed E-state index contributed by atoms with van der Waals surface area (Å²) < 4.78 is 0. The number of hydrogen-bond acceptors (Lipinski definition) is 1. The third-order valence-electron chi connectivity index (χ3n) is 0.543. The van der Waals surface area contributed by atoms with Crippen molar-refractivity contribution in [3.8, 4) is 0 Å². The van der Waals surface area contributed by atoms with Crippen LogP contribution in [0, 0.1) is 0 Å². The van der Waals surface area contributed by atoms with Gasteiger partial charge in [-0.3, -0.25) is 0 Å². The summed E-state index contributed by atoms with van der Waals surface area (Å²) in [6.07, 6.45) is 0. The molecule has 0 radical (unpaired) electrons. The van der Waals surface area contributed by atoms with Gasteiger partial charge in [-0.1, -0.05) is 0 Å². The molecule has 0 unspecified atom stereocenters. The summed E-state index contributed by atoms with van der Waals surface area (Å²) in [5.74, 6) is 1.33. The van der Waals surface area contributed by atoms with E-state index in [1.54, 1.807) is 0 Å². The highest BCUT2D eigenvalue weighted by atomic mass is 35.5. The lowest BCUT2D eigenvalue weighted by molar-refractivity contribution is -0.00000140. The Kier molecular flexibility index (Phi) is 15.6. The predicted octanol–water partition coefficient (Wildman–Crippen LogP) is -1.94. The third kappa shape index (κ3) is 9.95. The maximum atomic E-state index is 5.33. The predicted molar refractivity (Wildman–Crippen MR) is 34.3 cm³/mol. The first-order valence-corrected chi connectivity index (χ1v) is 3.31. The van der Waals surface area contributed by atoms with E-state index in [2.05, 4.69) is 5.32 Å². The Morgan fingerprint density at radius 3 is 1.62 bits per heavy atom. The molecule has 4 heteroatoms. The molecule has 0 aliphatic carbocycles. The van der Waals surface area contributed by atoms with Gasteiger partial charge in [-0.25, -0.2) is 0 Å². The Hall–Kier alpha value is 0.830. The average molecular weight is 177 g/mol. The number of hydrogen-bond donors (Lipinski definition) is 1. The minimum Gasteiger partial charge on any atom is -1.00 e. The summed E-state index contributed by atoms with van der Waals surface area (Å²) in [5.41, 5.74) is 0. The van der Waals surface area contributed by atoms with E-state index in [0.717, 1.165) is 13.1 Å². The quantitative estimate of drug-likeness (QED) is 0.389. The first-order chi connectivity index (χ1) is 3.41. The van der Waals surface area contributed by atoms with E-state index in [0.29, 0.717) is 11.8 Å². The van der Waals surface area contributed by atoms with Gasteiger partial charge in [-0.2, -0.15) is 0 Å². The Balaban J connectivity index is 0. The lowest BCUT2D eigenvalue weighted by Gasteiger charge is -1.93. The fraction of sp³-hybridized carbons (Fsp3) is 1.00. The standard InChI is InChI=1S/C4H9Cl2N.ClH/c5-1-3-7-4-2-6;/h7H,1-4H2;1H/p-1. The van der Waals surface area contributed by atoms with Crippen LogP contribution in [0.3, 0.4) is 0 Å². The lowest BCUT2D eigenvalue weighted by atomic mass is 10.7. The highest BCUT2D eigenvalue weighted by Crippen LogP contribution is 1.71. The van der Waals surface area contributed by atoms with Crippen molar-refractivity contribution in [2.75, 3.05) is 24.8 Å². The van der Waals surface area contributed by atoms with Crippen molar-refractivity contribution >= 4 is 23.2 Å². The second-order valence-electron chi connectivity index (χ2n) is 1.13. The minimum atomic E-state index is 0. The fourth-order valence-electron chi connectivity index (χ4n) is 0.259. The number of nitrogens with one attached hydrogen (secondary N) is 1. The van der Waals surface area contributed by atoms with Gasteiger partial charge in [0.1, 0.15) is 0 Å². The molecule has 0 amide bonds. The SMILES string of the molecule is ClCCNCCCl.[Cl-]. The summed E-state index contributed by atoms with van der Waals surface area (Å²) in [4.78, 5) is 0. The Morgan fingerprint density at radius 1 is 1.00 bits per heavy atom. The van der Waals surface area contributed by atoms with Crippen molar-refractivity contribution < 1.29 is 12.4 Å². The summed E-state index contributed by atoms with van der Waals surface area (Å²) in [6.45, 7) is 1.71. The summed E-state index contributed by atoms with van der Waals surface area (Å²) in [5, 5.41) is 3.02. The lowest BCUT2D eigenvalue weighted by Crippen LogP contribution is -3.00. The molecule has 8 heavy (non-hydrogen) atoms. The molecule has 0 aromatic heterocycles. The van der Waals surface area contributed by atoms with Crippen molar-refractivity contribution in [1.29, 1.82) is 0 Å². The zero-order valence-corrected chi connectivity index (χ0v) is 6.73. The van der Waals surface area contributed by atoms with Crippen LogP contribution in [0.5, 0.6) is 0 Å². The number of alkyl halides is 2. The Bertz CT molecular complexity index is 30.5. The first-order valence-electron chi connectivity index (χ1n) is 2.24. The zero-order valence-electron chi connectivity index (χ0n) is 4.46. The molecule has 0 atom stereocenters. The van der Waals surface area contributed by atoms with E-state index in [1.165, 1.54) is 0 Å². The van der Waals surface area contributed by atoms with Crippen LogP contribution < -0.4 is 17.7 Å². The molecule has 0 saturated carbocycles. The van der Waals surface area contributed by atoms with Gasteiger partial charge in [0.15, 0.2) is 0 Å². The molecule has 0 rings (SSSR count). The third-order valence-corrected chi connectivity index (χ3v) is 0.921. The van der Waals surface area contributed by atoms with E-state index in [-0.39, 0.29) is 12.4 Å². The van der Waals surface area contributed by atoms with E-state index in [9.17, 15) is 0 Å². The molecular formula is C4H9Cl3N-. The van der Waals surface area contributed by atoms with E-state index in [1.807, 2.05) is 0 Å². The van der Waals surface area contributed by atoms with Crippen LogP contribution in [0.2, 0.25) is 0 Å². The second-order valence-corrected chi connectivity index (χ2v) is 1.88. The van der Waals surface area contributed by atoms with Crippen LogP contribution in [0.15, 0.2) is 0 Å². The van der Waals surface area contributed by atoms with Gasteiger partial charge in [0.25, 0.3) is 0 Å². The van der Waals surface area contributed by atoms with Gasteiger partial charge < -0.3 is 17.7 Å². The number of halogens is 3. The highest BCUT2D eigenvalue weighted by molar-refractivity contribution is 6.18. The fourth-order valence-corrected chi connectivity index (χ4v) is 0.526. The maximum absolute atomic E-state index is 5.33. The molecule has 1 N–H and O–H groups in total. The molecule has 0 saturated heterocycles. The first kappa shape index (κ1) is 11.6. The largest absolute Gasteiger partial charge is 1.00 e. The smallest absolute Gasteiger partial charge is 0.0348 e. The summed E-state index contributed by atoms with van der Waals surface area (Å²) >= 11 is 10.7. The maximum Gasteiger partial charge on any atom is 0.0348 e. The molecule has 0 aliphatic rings. The van der Waals surface area contributed by atoms with E-state index in [4.69, 9.17) is 23.2 Å². The Labute approximate surface area is 66.1 Å². The molecule has 0 aliphatic heterocycles. The van der Waals surface area contributed by atoms with Crippen LogP contribution in [0.25, 0.3) is 0 Å².